The summed E-state index contributed by atoms with van der Waals surface area (Å²) in [5.74, 6) is 1.05. The number of carbonyl (C=O) groups is 1. The second-order valence-electron chi connectivity index (χ2n) is 8.24. The summed E-state index contributed by atoms with van der Waals surface area (Å²) in [5.41, 5.74) is 4.58. The molecule has 2 N–H and O–H groups in total. The maximum Gasteiger partial charge on any atom is 0.159 e. The van der Waals surface area contributed by atoms with E-state index in [-0.39, 0.29) is 11.3 Å². The zero-order valence-electron chi connectivity index (χ0n) is 16.8. The second-order valence-corrected chi connectivity index (χ2v) is 8.24. The van der Waals surface area contributed by atoms with E-state index < -0.39 is 0 Å². The van der Waals surface area contributed by atoms with Crippen molar-refractivity contribution in [2.45, 2.75) is 25.3 Å². The molecular weight excluding hydrogens is 362 g/mol. The van der Waals surface area contributed by atoms with Crippen LogP contribution in [-0.4, -0.2) is 48.5 Å². The van der Waals surface area contributed by atoms with Gasteiger partial charge in [-0.3, -0.25) is 9.69 Å². The van der Waals surface area contributed by atoms with Crippen LogP contribution in [0, 0.1) is 0 Å². The number of hydrogen-bond donors (Lipinski definition) is 2. The van der Waals surface area contributed by atoms with Crippen LogP contribution in [0.3, 0.4) is 0 Å². The molecule has 1 fully saturated rings. The van der Waals surface area contributed by atoms with Gasteiger partial charge in [0, 0.05) is 48.3 Å². The third kappa shape index (κ3) is 3.34. The van der Waals surface area contributed by atoms with E-state index in [4.69, 9.17) is 4.74 Å². The summed E-state index contributed by atoms with van der Waals surface area (Å²) in [6.07, 6.45) is 2.08. The van der Waals surface area contributed by atoms with Crippen LogP contribution in [0.15, 0.2) is 48.5 Å². The molecule has 0 bridgehead atoms. The topological polar surface area (TPSA) is 57.4 Å². The summed E-state index contributed by atoms with van der Waals surface area (Å²) in [6.45, 7) is 6.25. The van der Waals surface area contributed by atoms with Crippen molar-refractivity contribution >= 4 is 16.7 Å². The van der Waals surface area contributed by atoms with Crippen LogP contribution in [-0.2, 0) is 12.0 Å². The zero-order valence-corrected chi connectivity index (χ0v) is 16.8. The van der Waals surface area contributed by atoms with Gasteiger partial charge in [0.1, 0.15) is 12.4 Å². The highest BCUT2D eigenvalue weighted by molar-refractivity contribution is 5.99. The molecule has 2 aliphatic rings. The van der Waals surface area contributed by atoms with E-state index in [1.807, 2.05) is 36.4 Å². The number of aromatic amines is 1. The number of carbonyl (C=O) groups excluding carboxylic acids is 1. The van der Waals surface area contributed by atoms with Gasteiger partial charge in [-0.1, -0.05) is 18.2 Å². The number of likely N-dealkylation sites (tertiary alicyclic amines) is 1. The summed E-state index contributed by atoms with van der Waals surface area (Å²) < 4.78 is 5.89. The molecule has 0 aliphatic carbocycles. The van der Waals surface area contributed by atoms with Gasteiger partial charge in [0.25, 0.3) is 0 Å². The van der Waals surface area contributed by atoms with Crippen molar-refractivity contribution in [1.29, 1.82) is 0 Å². The summed E-state index contributed by atoms with van der Waals surface area (Å²) in [6, 6.07) is 16.0. The number of para-hydroxylation sites is 1. The molecule has 5 heteroatoms. The zero-order chi connectivity index (χ0) is 19.8. The van der Waals surface area contributed by atoms with Crippen LogP contribution in [0.5, 0.6) is 5.75 Å². The maximum atomic E-state index is 11.8. The largest absolute Gasteiger partial charge is 0.492 e. The lowest BCUT2D eigenvalue weighted by Gasteiger charge is -2.35. The van der Waals surface area contributed by atoms with Gasteiger partial charge < -0.3 is 15.0 Å². The molecule has 0 unspecified atom stereocenters. The fourth-order valence-corrected chi connectivity index (χ4v) is 4.89. The molecule has 5 rings (SSSR count). The molecule has 3 aromatic rings. The average Bonchev–Trinajstić information content (AvgIpc) is 3.31. The number of aromatic nitrogens is 1. The second kappa shape index (κ2) is 7.32. The lowest BCUT2D eigenvalue weighted by molar-refractivity contribution is 0.101. The first-order valence-corrected chi connectivity index (χ1v) is 10.5. The minimum Gasteiger partial charge on any atom is -0.492 e. The number of ketones is 1. The lowest BCUT2D eigenvalue weighted by atomic mass is 9.86. The van der Waals surface area contributed by atoms with E-state index in [0.717, 1.165) is 55.9 Å². The quantitative estimate of drug-likeness (QED) is 0.656. The number of fused-ring (bicyclic) bond motifs is 4. The number of nitrogens with zero attached hydrogens (tertiary/aromatic N) is 1. The molecule has 2 aliphatic heterocycles. The number of ether oxygens (including phenoxy) is 1. The van der Waals surface area contributed by atoms with Gasteiger partial charge in [-0.15, -0.1) is 0 Å². The predicted molar refractivity (Wildman–Crippen MR) is 115 cm³/mol. The Kier molecular flexibility index (Phi) is 4.64. The van der Waals surface area contributed by atoms with Crippen LogP contribution < -0.4 is 10.1 Å². The van der Waals surface area contributed by atoms with Crippen molar-refractivity contribution < 1.29 is 9.53 Å². The Morgan fingerprint density at radius 1 is 1.21 bits per heavy atom. The van der Waals surface area contributed by atoms with Crippen molar-refractivity contribution in [2.24, 2.45) is 0 Å². The molecular formula is C24H27N3O2. The molecule has 0 radical (unpaired) electrons. The molecule has 29 heavy (non-hydrogen) atoms. The molecule has 1 aromatic heterocycles. The normalized spacial score (nSPS) is 21.6. The van der Waals surface area contributed by atoms with E-state index in [9.17, 15) is 4.79 Å². The molecule has 150 valence electrons. The first kappa shape index (κ1) is 18.4. The van der Waals surface area contributed by atoms with Gasteiger partial charge in [0.15, 0.2) is 5.78 Å². The Bertz CT molecular complexity index is 1040. The van der Waals surface area contributed by atoms with Crippen molar-refractivity contribution in [2.75, 3.05) is 32.8 Å². The molecule has 1 saturated heterocycles. The number of nitrogens with one attached hydrogen (secondary N) is 2. The highest BCUT2D eigenvalue weighted by Crippen LogP contribution is 2.39. The summed E-state index contributed by atoms with van der Waals surface area (Å²) in [7, 11) is 0. The molecule has 2 aromatic carbocycles. The van der Waals surface area contributed by atoms with Crippen LogP contribution >= 0.6 is 0 Å². The van der Waals surface area contributed by atoms with E-state index in [2.05, 4.69) is 27.3 Å². The summed E-state index contributed by atoms with van der Waals surface area (Å²) in [5, 5.41) is 5.01. The molecule has 5 nitrogen and oxygen atoms in total. The van der Waals surface area contributed by atoms with Gasteiger partial charge in [-0.2, -0.15) is 0 Å². The number of rotatable bonds is 5. The third-order valence-corrected chi connectivity index (χ3v) is 6.40. The molecule has 0 amide bonds. The Hall–Kier alpha value is -2.63. The summed E-state index contributed by atoms with van der Waals surface area (Å²) in [4.78, 5) is 18.0. The first-order chi connectivity index (χ1) is 14.1. The van der Waals surface area contributed by atoms with Crippen molar-refractivity contribution in [3.8, 4) is 5.75 Å². The number of H-pyrrole nitrogens is 1. The van der Waals surface area contributed by atoms with Gasteiger partial charge in [0.2, 0.25) is 0 Å². The average molecular weight is 389 g/mol. The molecule has 0 saturated carbocycles. The Labute approximate surface area is 171 Å². The smallest absolute Gasteiger partial charge is 0.159 e. The lowest BCUT2D eigenvalue weighted by Crippen LogP contribution is -2.49. The van der Waals surface area contributed by atoms with Crippen molar-refractivity contribution in [3.63, 3.8) is 0 Å². The monoisotopic (exact) mass is 389 g/mol. The van der Waals surface area contributed by atoms with Crippen LogP contribution in [0.1, 0.15) is 35.0 Å². The Morgan fingerprint density at radius 3 is 2.90 bits per heavy atom. The summed E-state index contributed by atoms with van der Waals surface area (Å²) >= 11 is 0. The standard InChI is InChI=1S/C24H27N3O2/c1-17(28)18-7-8-22-21(15-18)20-9-11-25-24(23(20)26-22)10-12-27(16-24)13-14-29-19-5-3-2-4-6-19/h2-8,15,25-26H,9-14,16H2,1H3/t24-/m1/s1. The Balaban J connectivity index is 1.34. The van der Waals surface area contributed by atoms with E-state index >= 15 is 0 Å². The minimum absolute atomic E-state index is 0.0320. The first-order valence-electron chi connectivity index (χ1n) is 10.5. The highest BCUT2D eigenvalue weighted by atomic mass is 16.5. The van der Waals surface area contributed by atoms with Crippen LogP contribution in [0.25, 0.3) is 10.9 Å². The molecule has 3 heterocycles. The van der Waals surface area contributed by atoms with E-state index in [1.165, 1.54) is 16.6 Å². The van der Waals surface area contributed by atoms with E-state index in [1.54, 1.807) is 6.92 Å². The number of Topliss-reactive ketones (excluding diaryl/α,β-unsaturated/α-hetero) is 1. The third-order valence-electron chi connectivity index (χ3n) is 6.40. The maximum absolute atomic E-state index is 11.8. The van der Waals surface area contributed by atoms with E-state index in [0.29, 0.717) is 6.61 Å². The fourth-order valence-electron chi connectivity index (χ4n) is 4.89. The number of benzene rings is 2. The number of hydrogen-bond acceptors (Lipinski definition) is 4. The van der Waals surface area contributed by atoms with Gasteiger partial charge in [-0.25, -0.2) is 0 Å². The minimum atomic E-state index is -0.0320. The highest BCUT2D eigenvalue weighted by Gasteiger charge is 2.43. The van der Waals surface area contributed by atoms with Gasteiger partial charge in [-0.05, 0) is 55.7 Å². The molecule has 1 atom stereocenters. The van der Waals surface area contributed by atoms with Crippen molar-refractivity contribution in [3.05, 3.63) is 65.4 Å². The van der Waals surface area contributed by atoms with Crippen LogP contribution in [0.4, 0.5) is 0 Å². The van der Waals surface area contributed by atoms with Crippen molar-refractivity contribution in [1.82, 2.24) is 15.2 Å². The van der Waals surface area contributed by atoms with Gasteiger partial charge in [0.05, 0.1) is 5.54 Å². The predicted octanol–water partition coefficient (Wildman–Crippen LogP) is 3.50. The SMILES string of the molecule is CC(=O)c1ccc2[nH]c3c(c2c1)CCN[C@@]31CCN(CCOc2ccccc2)C1. The Morgan fingerprint density at radius 2 is 2.07 bits per heavy atom. The molecule has 1 spiro atoms. The fraction of sp³-hybridized carbons (Fsp3) is 0.375. The van der Waals surface area contributed by atoms with Gasteiger partial charge >= 0.3 is 0 Å². The van der Waals surface area contributed by atoms with Crippen LogP contribution in [0.2, 0.25) is 0 Å².